The maximum absolute atomic E-state index is 9.77. The quantitative estimate of drug-likeness (QED) is 0.820. The summed E-state index contributed by atoms with van der Waals surface area (Å²) in [5, 5.41) is 18.7. The third kappa shape index (κ3) is 2.74. The zero-order chi connectivity index (χ0) is 11.4. The van der Waals surface area contributed by atoms with Crippen molar-refractivity contribution in [1.29, 1.82) is 0 Å². The molecular weight excluding hydrogens is 204 g/mol. The van der Waals surface area contributed by atoms with E-state index in [4.69, 9.17) is 9.84 Å². The lowest BCUT2D eigenvalue weighted by Gasteiger charge is -2.28. The molecule has 3 heteroatoms. The summed E-state index contributed by atoms with van der Waals surface area (Å²) in [5.74, 6) is 0.767. The maximum Gasteiger partial charge on any atom is 0.124 e. The fourth-order valence-electron chi connectivity index (χ4n) is 2.06. The molecule has 1 aliphatic carbocycles. The first kappa shape index (κ1) is 11.4. The SMILES string of the molecule is OCc1ccc(OC2CCCCC2O)cc1. The van der Waals surface area contributed by atoms with Crippen molar-refractivity contribution >= 4 is 0 Å². The molecule has 0 aromatic heterocycles. The molecule has 2 atom stereocenters. The summed E-state index contributed by atoms with van der Waals surface area (Å²) in [4.78, 5) is 0. The van der Waals surface area contributed by atoms with Gasteiger partial charge in [-0.05, 0) is 37.0 Å². The molecule has 0 bridgehead atoms. The normalized spacial score (nSPS) is 25.4. The topological polar surface area (TPSA) is 49.7 Å². The van der Waals surface area contributed by atoms with Gasteiger partial charge < -0.3 is 14.9 Å². The molecule has 1 aromatic carbocycles. The van der Waals surface area contributed by atoms with Crippen molar-refractivity contribution in [2.45, 2.75) is 44.5 Å². The molecule has 1 saturated carbocycles. The molecule has 0 heterocycles. The fraction of sp³-hybridized carbons (Fsp3) is 0.538. The first-order valence-corrected chi connectivity index (χ1v) is 5.84. The van der Waals surface area contributed by atoms with Gasteiger partial charge in [-0.25, -0.2) is 0 Å². The van der Waals surface area contributed by atoms with E-state index in [1.165, 1.54) is 0 Å². The van der Waals surface area contributed by atoms with E-state index >= 15 is 0 Å². The van der Waals surface area contributed by atoms with E-state index in [9.17, 15) is 5.11 Å². The Morgan fingerprint density at radius 2 is 1.81 bits per heavy atom. The molecular formula is C13H18O3. The van der Waals surface area contributed by atoms with Gasteiger partial charge in [-0.15, -0.1) is 0 Å². The van der Waals surface area contributed by atoms with Crippen LogP contribution in [0.3, 0.4) is 0 Å². The van der Waals surface area contributed by atoms with Crippen LogP contribution in [-0.2, 0) is 6.61 Å². The van der Waals surface area contributed by atoms with Gasteiger partial charge in [-0.1, -0.05) is 18.6 Å². The lowest BCUT2D eigenvalue weighted by molar-refractivity contribution is 0.00686. The van der Waals surface area contributed by atoms with Gasteiger partial charge in [0.05, 0.1) is 12.7 Å². The van der Waals surface area contributed by atoms with Crippen LogP contribution in [0.1, 0.15) is 31.2 Å². The van der Waals surface area contributed by atoms with Gasteiger partial charge in [0.25, 0.3) is 0 Å². The van der Waals surface area contributed by atoms with Crippen molar-refractivity contribution in [3.63, 3.8) is 0 Å². The monoisotopic (exact) mass is 222 g/mol. The molecule has 1 aliphatic rings. The van der Waals surface area contributed by atoms with E-state index in [1.54, 1.807) is 0 Å². The van der Waals surface area contributed by atoms with Crippen LogP contribution in [0, 0.1) is 0 Å². The second-order valence-corrected chi connectivity index (χ2v) is 4.31. The third-order valence-electron chi connectivity index (χ3n) is 3.06. The molecule has 0 spiro atoms. The van der Waals surface area contributed by atoms with Gasteiger partial charge in [-0.2, -0.15) is 0 Å². The number of aliphatic hydroxyl groups excluding tert-OH is 2. The number of hydrogen-bond acceptors (Lipinski definition) is 3. The molecule has 1 aromatic rings. The van der Waals surface area contributed by atoms with Crippen molar-refractivity contribution in [3.05, 3.63) is 29.8 Å². The van der Waals surface area contributed by atoms with Gasteiger partial charge in [0.15, 0.2) is 0 Å². The first-order chi connectivity index (χ1) is 7.79. The molecule has 0 saturated heterocycles. The number of hydrogen-bond donors (Lipinski definition) is 2. The molecule has 3 nitrogen and oxygen atoms in total. The van der Waals surface area contributed by atoms with E-state index in [0.717, 1.165) is 37.0 Å². The molecule has 2 N–H and O–H groups in total. The molecule has 1 fully saturated rings. The minimum atomic E-state index is -0.341. The highest BCUT2D eigenvalue weighted by Gasteiger charge is 2.24. The Morgan fingerprint density at radius 1 is 1.12 bits per heavy atom. The van der Waals surface area contributed by atoms with E-state index in [0.29, 0.717) is 0 Å². The Balaban J connectivity index is 1.96. The number of aliphatic hydroxyl groups is 2. The first-order valence-electron chi connectivity index (χ1n) is 5.84. The number of ether oxygens (including phenoxy) is 1. The average Bonchev–Trinajstić information content (AvgIpc) is 2.33. The largest absolute Gasteiger partial charge is 0.488 e. The van der Waals surface area contributed by atoms with Crippen LogP contribution in [0.2, 0.25) is 0 Å². The highest BCUT2D eigenvalue weighted by atomic mass is 16.5. The van der Waals surface area contributed by atoms with Crippen LogP contribution in [0.5, 0.6) is 5.75 Å². The van der Waals surface area contributed by atoms with Crippen LogP contribution >= 0.6 is 0 Å². The van der Waals surface area contributed by atoms with E-state index < -0.39 is 0 Å². The van der Waals surface area contributed by atoms with Crippen molar-refractivity contribution in [2.75, 3.05) is 0 Å². The molecule has 16 heavy (non-hydrogen) atoms. The zero-order valence-corrected chi connectivity index (χ0v) is 9.30. The molecule has 0 amide bonds. The van der Waals surface area contributed by atoms with E-state index in [-0.39, 0.29) is 18.8 Å². The minimum Gasteiger partial charge on any atom is -0.488 e. The number of rotatable bonds is 3. The second-order valence-electron chi connectivity index (χ2n) is 4.31. The summed E-state index contributed by atoms with van der Waals surface area (Å²) in [6.07, 6.45) is 3.54. The molecule has 0 aliphatic heterocycles. The van der Waals surface area contributed by atoms with Crippen molar-refractivity contribution < 1.29 is 14.9 Å². The molecule has 0 radical (unpaired) electrons. The smallest absolute Gasteiger partial charge is 0.124 e. The Bertz CT molecular complexity index is 320. The average molecular weight is 222 g/mol. The summed E-state index contributed by atoms with van der Waals surface area (Å²) in [6, 6.07) is 7.36. The Labute approximate surface area is 95.7 Å². The third-order valence-corrected chi connectivity index (χ3v) is 3.06. The molecule has 2 unspecified atom stereocenters. The van der Waals surface area contributed by atoms with Crippen LogP contribution in [0.25, 0.3) is 0 Å². The highest BCUT2D eigenvalue weighted by Crippen LogP contribution is 2.24. The van der Waals surface area contributed by atoms with Crippen molar-refractivity contribution in [2.24, 2.45) is 0 Å². The zero-order valence-electron chi connectivity index (χ0n) is 9.30. The highest BCUT2D eigenvalue weighted by molar-refractivity contribution is 5.27. The maximum atomic E-state index is 9.77. The summed E-state index contributed by atoms with van der Waals surface area (Å²) < 4.78 is 5.74. The van der Waals surface area contributed by atoms with Gasteiger partial charge in [0, 0.05) is 0 Å². The molecule has 88 valence electrons. The summed E-state index contributed by atoms with van der Waals surface area (Å²) in [7, 11) is 0. The number of benzene rings is 1. The van der Waals surface area contributed by atoms with Crippen LogP contribution in [0.15, 0.2) is 24.3 Å². The van der Waals surface area contributed by atoms with E-state index in [1.807, 2.05) is 24.3 Å². The summed E-state index contributed by atoms with van der Waals surface area (Å²) in [5.41, 5.74) is 0.872. The van der Waals surface area contributed by atoms with Crippen LogP contribution in [0.4, 0.5) is 0 Å². The van der Waals surface area contributed by atoms with Gasteiger partial charge in [0.2, 0.25) is 0 Å². The summed E-state index contributed by atoms with van der Waals surface area (Å²) >= 11 is 0. The lowest BCUT2D eigenvalue weighted by Crippen LogP contribution is -2.34. The minimum absolute atomic E-state index is 0.0479. The fourth-order valence-corrected chi connectivity index (χ4v) is 2.06. The second kappa shape index (κ2) is 5.32. The standard InChI is InChI=1S/C13H18O3/c14-9-10-5-7-11(8-6-10)16-13-4-2-1-3-12(13)15/h5-8,12-15H,1-4,9H2. The van der Waals surface area contributed by atoms with Gasteiger partial charge in [-0.3, -0.25) is 0 Å². The molecule has 2 rings (SSSR count). The Morgan fingerprint density at radius 3 is 2.44 bits per heavy atom. The Hall–Kier alpha value is -1.06. The predicted octanol–water partition coefficient (Wildman–Crippen LogP) is 1.86. The lowest BCUT2D eigenvalue weighted by atomic mass is 9.95. The van der Waals surface area contributed by atoms with Gasteiger partial charge in [0.1, 0.15) is 11.9 Å². The van der Waals surface area contributed by atoms with Crippen LogP contribution < -0.4 is 4.74 Å². The summed E-state index contributed by atoms with van der Waals surface area (Å²) in [6.45, 7) is 0.0479. The Kier molecular flexibility index (Phi) is 3.80. The van der Waals surface area contributed by atoms with Crippen LogP contribution in [-0.4, -0.2) is 22.4 Å². The van der Waals surface area contributed by atoms with E-state index in [2.05, 4.69) is 0 Å². The predicted molar refractivity (Wildman–Crippen MR) is 61.3 cm³/mol. The van der Waals surface area contributed by atoms with Gasteiger partial charge >= 0.3 is 0 Å². The van der Waals surface area contributed by atoms with Crippen molar-refractivity contribution in [3.8, 4) is 5.75 Å². The van der Waals surface area contributed by atoms with Crippen molar-refractivity contribution in [1.82, 2.24) is 0 Å².